The molecule has 2 nitrogen and oxygen atoms in total. The lowest BCUT2D eigenvalue weighted by Crippen LogP contribution is -2.16. The summed E-state index contributed by atoms with van der Waals surface area (Å²) in [5.41, 5.74) is 4.39. The van der Waals surface area contributed by atoms with Crippen LogP contribution in [0.3, 0.4) is 0 Å². The lowest BCUT2D eigenvalue weighted by molar-refractivity contribution is 0.112. The van der Waals surface area contributed by atoms with Crippen LogP contribution in [-0.2, 0) is 0 Å². The molecule has 0 amide bonds. The van der Waals surface area contributed by atoms with E-state index in [-0.39, 0.29) is 0 Å². The zero-order valence-electron chi connectivity index (χ0n) is 8.05. The van der Waals surface area contributed by atoms with E-state index in [9.17, 15) is 4.79 Å². The molecular formula is C10H12O2Si. The van der Waals surface area contributed by atoms with Crippen molar-refractivity contribution < 1.29 is 9.21 Å². The number of aldehydes is 1. The summed E-state index contributed by atoms with van der Waals surface area (Å²) < 4.78 is 4.88. The fraction of sp³-hybridized carbons (Fsp3) is 0.300. The van der Waals surface area contributed by atoms with Crippen LogP contribution in [0, 0.1) is 11.5 Å². The molecule has 0 aliphatic heterocycles. The van der Waals surface area contributed by atoms with Crippen molar-refractivity contribution in [3.63, 3.8) is 0 Å². The molecule has 0 aliphatic rings. The van der Waals surface area contributed by atoms with Crippen molar-refractivity contribution in [3.8, 4) is 11.5 Å². The van der Waals surface area contributed by atoms with E-state index in [4.69, 9.17) is 4.42 Å². The molecule has 0 unspecified atom stereocenters. The molecule has 0 radical (unpaired) electrons. The molecule has 1 rings (SSSR count). The van der Waals surface area contributed by atoms with Gasteiger partial charge in [0, 0.05) is 0 Å². The van der Waals surface area contributed by atoms with Gasteiger partial charge in [0.1, 0.15) is 20.6 Å². The van der Waals surface area contributed by atoms with Gasteiger partial charge in [-0.1, -0.05) is 25.6 Å². The van der Waals surface area contributed by atoms with E-state index < -0.39 is 8.07 Å². The summed E-state index contributed by atoms with van der Waals surface area (Å²) in [5, 5.41) is 0. The van der Waals surface area contributed by atoms with Crippen LogP contribution in [0.1, 0.15) is 15.9 Å². The molecule has 0 saturated carbocycles. The fourth-order valence-corrected chi connectivity index (χ4v) is 1.26. The zero-order chi connectivity index (χ0) is 9.90. The third-order valence-corrected chi connectivity index (χ3v) is 2.27. The maximum absolute atomic E-state index is 10.5. The highest BCUT2D eigenvalue weighted by Crippen LogP contribution is 2.06. The van der Waals surface area contributed by atoms with Gasteiger partial charge in [0.2, 0.25) is 0 Å². The first-order valence-corrected chi connectivity index (χ1v) is 7.57. The van der Waals surface area contributed by atoms with Crippen LogP contribution >= 0.6 is 0 Å². The van der Waals surface area contributed by atoms with Crippen LogP contribution in [0.2, 0.25) is 19.6 Å². The maximum atomic E-state index is 10.5. The molecule has 0 aliphatic carbocycles. The summed E-state index contributed by atoms with van der Waals surface area (Å²) in [6.45, 7) is 6.46. The summed E-state index contributed by atoms with van der Waals surface area (Å²) in [4.78, 5) is 10.5. The summed E-state index contributed by atoms with van der Waals surface area (Å²) >= 11 is 0. The molecule has 0 bridgehead atoms. The van der Waals surface area contributed by atoms with Crippen LogP contribution in [-0.4, -0.2) is 14.4 Å². The Labute approximate surface area is 79.0 Å². The van der Waals surface area contributed by atoms with E-state index >= 15 is 0 Å². The van der Waals surface area contributed by atoms with E-state index in [2.05, 4.69) is 31.1 Å². The Morgan fingerprint density at radius 1 is 1.38 bits per heavy atom. The lowest BCUT2D eigenvalue weighted by Gasteiger charge is -2.02. The molecule has 0 atom stereocenters. The van der Waals surface area contributed by atoms with Gasteiger partial charge in [-0.05, 0) is 0 Å². The first kappa shape index (κ1) is 9.81. The Kier molecular flexibility index (Phi) is 2.74. The number of rotatable bonds is 1. The van der Waals surface area contributed by atoms with Crippen LogP contribution in [0.15, 0.2) is 16.9 Å². The van der Waals surface area contributed by atoms with Crippen molar-refractivity contribution in [2.75, 3.05) is 0 Å². The van der Waals surface area contributed by atoms with E-state index in [1.165, 1.54) is 12.5 Å². The smallest absolute Gasteiger partial charge is 0.154 e. The first-order valence-electron chi connectivity index (χ1n) is 4.07. The molecule has 0 spiro atoms. The lowest BCUT2D eigenvalue weighted by atomic mass is 10.2. The number of furan rings is 1. The quantitative estimate of drug-likeness (QED) is 0.388. The molecule has 1 aromatic heterocycles. The van der Waals surface area contributed by atoms with Crippen LogP contribution in [0.25, 0.3) is 0 Å². The molecule has 68 valence electrons. The number of carbonyl (C=O) groups is 1. The fourth-order valence-electron chi connectivity index (χ4n) is 0.755. The van der Waals surface area contributed by atoms with Crippen molar-refractivity contribution in [2.24, 2.45) is 0 Å². The summed E-state index contributed by atoms with van der Waals surface area (Å²) in [6, 6.07) is 0. The largest absolute Gasteiger partial charge is 0.471 e. The number of hydrogen-bond acceptors (Lipinski definition) is 2. The predicted octanol–water partition coefficient (Wildman–Crippen LogP) is 2.32. The second-order valence-corrected chi connectivity index (χ2v) is 8.61. The summed E-state index contributed by atoms with van der Waals surface area (Å²) in [7, 11) is -1.37. The average Bonchev–Trinajstić information content (AvgIpc) is 2.46. The summed E-state index contributed by atoms with van der Waals surface area (Å²) in [5.74, 6) is 2.97. The third-order valence-electron chi connectivity index (χ3n) is 1.39. The molecule has 3 heteroatoms. The van der Waals surface area contributed by atoms with Gasteiger partial charge in [-0.25, -0.2) is 0 Å². The van der Waals surface area contributed by atoms with E-state index in [0.717, 1.165) is 6.29 Å². The van der Waals surface area contributed by atoms with E-state index in [1.807, 2.05) is 0 Å². The first-order chi connectivity index (χ1) is 6.03. The Balaban J connectivity index is 2.95. The van der Waals surface area contributed by atoms with Gasteiger partial charge in [-0.2, -0.15) is 0 Å². The summed E-state index contributed by atoms with van der Waals surface area (Å²) in [6.07, 6.45) is 3.69. The maximum Gasteiger partial charge on any atom is 0.154 e. The van der Waals surface area contributed by atoms with Crippen molar-refractivity contribution in [2.45, 2.75) is 19.6 Å². The zero-order valence-corrected chi connectivity index (χ0v) is 9.05. The van der Waals surface area contributed by atoms with Crippen molar-refractivity contribution in [1.82, 2.24) is 0 Å². The normalized spacial score (nSPS) is 10.4. The minimum atomic E-state index is -1.37. The Bertz CT molecular complexity index is 360. The highest BCUT2D eigenvalue weighted by molar-refractivity contribution is 6.83. The highest BCUT2D eigenvalue weighted by atomic mass is 28.3. The van der Waals surface area contributed by atoms with Crippen LogP contribution in [0.4, 0.5) is 0 Å². The van der Waals surface area contributed by atoms with Crippen molar-refractivity contribution >= 4 is 14.4 Å². The Morgan fingerprint density at radius 2 is 2.08 bits per heavy atom. The van der Waals surface area contributed by atoms with Crippen molar-refractivity contribution in [1.29, 1.82) is 0 Å². The van der Waals surface area contributed by atoms with E-state index in [0.29, 0.717) is 11.1 Å². The predicted molar refractivity (Wildman–Crippen MR) is 54.3 cm³/mol. The van der Waals surface area contributed by atoms with Gasteiger partial charge >= 0.3 is 0 Å². The van der Waals surface area contributed by atoms with Crippen LogP contribution < -0.4 is 0 Å². The molecule has 13 heavy (non-hydrogen) atoms. The third kappa shape index (κ3) is 2.92. The van der Waals surface area contributed by atoms with Gasteiger partial charge in [-0.15, -0.1) is 5.54 Å². The SMILES string of the molecule is C[Si](C)(C)C#Cc1cocc1C=O. The van der Waals surface area contributed by atoms with E-state index in [1.54, 1.807) is 0 Å². The topological polar surface area (TPSA) is 30.2 Å². The number of carbonyl (C=O) groups excluding carboxylic acids is 1. The van der Waals surface area contributed by atoms with Gasteiger partial charge in [0.05, 0.1) is 11.1 Å². The molecule has 0 fully saturated rings. The molecule has 0 N–H and O–H groups in total. The second-order valence-electron chi connectivity index (χ2n) is 3.86. The molecule has 1 heterocycles. The molecular weight excluding hydrogens is 180 g/mol. The minimum absolute atomic E-state index is 0.533. The highest BCUT2D eigenvalue weighted by Gasteiger charge is 2.08. The Morgan fingerprint density at radius 3 is 2.62 bits per heavy atom. The monoisotopic (exact) mass is 192 g/mol. The van der Waals surface area contributed by atoms with Gasteiger partial charge in [0.25, 0.3) is 0 Å². The molecule has 0 saturated heterocycles. The molecule has 1 aromatic rings. The van der Waals surface area contributed by atoms with Crippen molar-refractivity contribution in [3.05, 3.63) is 23.7 Å². The van der Waals surface area contributed by atoms with Crippen LogP contribution in [0.5, 0.6) is 0 Å². The Hall–Kier alpha value is -1.27. The van der Waals surface area contributed by atoms with Gasteiger partial charge in [-0.3, -0.25) is 4.79 Å². The second kappa shape index (κ2) is 3.63. The number of hydrogen-bond donors (Lipinski definition) is 0. The molecule has 0 aromatic carbocycles. The van der Waals surface area contributed by atoms with Gasteiger partial charge in [0.15, 0.2) is 6.29 Å². The standard InChI is InChI=1S/C10H12O2Si/c1-13(2,3)5-4-9-7-12-8-10(9)6-11/h6-8H,1-3H3. The average molecular weight is 192 g/mol. The van der Waals surface area contributed by atoms with Gasteiger partial charge < -0.3 is 4.42 Å². The minimum Gasteiger partial charge on any atom is -0.471 e.